The number of carbonyl (C=O) groups is 1. The average Bonchev–Trinajstić information content (AvgIpc) is 3.47. The van der Waals surface area contributed by atoms with Crippen molar-refractivity contribution in [3.8, 4) is 28.7 Å². The summed E-state index contributed by atoms with van der Waals surface area (Å²) in [6.45, 7) is 8.18. The zero-order valence-electron chi connectivity index (χ0n) is 24.3. The van der Waals surface area contributed by atoms with Gasteiger partial charge in [0.2, 0.25) is 0 Å². The van der Waals surface area contributed by atoms with Crippen LogP contribution >= 0.6 is 0 Å². The van der Waals surface area contributed by atoms with Crippen LogP contribution in [0.5, 0.6) is 23.0 Å². The van der Waals surface area contributed by atoms with Crippen LogP contribution in [0.15, 0.2) is 73.1 Å². The van der Waals surface area contributed by atoms with E-state index < -0.39 is 0 Å². The molecule has 0 fully saturated rings. The lowest BCUT2D eigenvalue weighted by Gasteiger charge is -2.28. The Labute approximate surface area is 244 Å². The van der Waals surface area contributed by atoms with Gasteiger partial charge < -0.3 is 29.7 Å². The minimum atomic E-state index is -0.262. The quantitative estimate of drug-likeness (QED) is 0.201. The zero-order chi connectivity index (χ0) is 29.4. The second-order valence-electron chi connectivity index (χ2n) is 10.0. The molecule has 5 aromatic rings. The summed E-state index contributed by atoms with van der Waals surface area (Å²) in [7, 11) is 3.23. The number of fused-ring (bicyclic) bond motifs is 4. The van der Waals surface area contributed by atoms with Gasteiger partial charge in [0.1, 0.15) is 34.5 Å². The molecule has 0 bridgehead atoms. The number of aromatic nitrogens is 2. The SMILES string of the molecule is CCN(CC)c1cc2c(cc1C)Nc1c(cc(NC(=O)c3ccc(OC)cc3)c3ncn(-c4ccc(OC)cc4)c13)O2. The first-order valence-corrected chi connectivity index (χ1v) is 13.9. The summed E-state index contributed by atoms with van der Waals surface area (Å²) in [5, 5.41) is 6.68. The molecule has 2 N–H and O–H groups in total. The normalized spacial score (nSPS) is 11.6. The monoisotopic (exact) mass is 563 g/mol. The van der Waals surface area contributed by atoms with Crippen LogP contribution in [-0.2, 0) is 0 Å². The maximum atomic E-state index is 13.3. The number of rotatable bonds is 8. The van der Waals surface area contributed by atoms with Crippen molar-refractivity contribution in [3.63, 3.8) is 0 Å². The second kappa shape index (κ2) is 11.0. The molecule has 1 aromatic heterocycles. The molecule has 0 saturated carbocycles. The Morgan fingerprint density at radius 3 is 2.26 bits per heavy atom. The van der Waals surface area contributed by atoms with Crippen LogP contribution in [0, 0.1) is 6.92 Å². The van der Waals surface area contributed by atoms with Gasteiger partial charge in [-0.1, -0.05) is 0 Å². The predicted octanol–water partition coefficient (Wildman–Crippen LogP) is 7.30. The molecular weight excluding hydrogens is 530 g/mol. The van der Waals surface area contributed by atoms with Gasteiger partial charge in [0.15, 0.2) is 11.5 Å². The maximum Gasteiger partial charge on any atom is 0.255 e. The van der Waals surface area contributed by atoms with Crippen LogP contribution < -0.4 is 29.7 Å². The molecule has 0 atom stereocenters. The van der Waals surface area contributed by atoms with Crippen molar-refractivity contribution in [2.24, 2.45) is 0 Å². The lowest BCUT2D eigenvalue weighted by atomic mass is 10.1. The van der Waals surface area contributed by atoms with Crippen LogP contribution in [0.2, 0.25) is 0 Å². The molecule has 0 unspecified atom stereocenters. The highest BCUT2D eigenvalue weighted by Gasteiger charge is 2.26. The van der Waals surface area contributed by atoms with Gasteiger partial charge in [0, 0.05) is 42.2 Å². The van der Waals surface area contributed by atoms with Crippen LogP contribution in [0.3, 0.4) is 0 Å². The summed E-state index contributed by atoms with van der Waals surface area (Å²) in [5.41, 5.74) is 7.25. The van der Waals surface area contributed by atoms with Gasteiger partial charge in [0.05, 0.1) is 25.6 Å². The van der Waals surface area contributed by atoms with Crippen molar-refractivity contribution in [1.29, 1.82) is 0 Å². The van der Waals surface area contributed by atoms with Gasteiger partial charge in [-0.15, -0.1) is 0 Å². The first-order valence-electron chi connectivity index (χ1n) is 13.9. The van der Waals surface area contributed by atoms with Crippen LogP contribution in [0.4, 0.5) is 22.7 Å². The van der Waals surface area contributed by atoms with E-state index in [0.29, 0.717) is 28.3 Å². The molecule has 42 heavy (non-hydrogen) atoms. The Balaban J connectivity index is 1.48. The number of methoxy groups -OCH3 is 2. The van der Waals surface area contributed by atoms with E-state index in [2.05, 4.69) is 48.4 Å². The predicted molar refractivity (Wildman–Crippen MR) is 167 cm³/mol. The van der Waals surface area contributed by atoms with E-state index in [1.54, 1.807) is 44.8 Å². The third-order valence-electron chi connectivity index (χ3n) is 7.61. The summed E-state index contributed by atoms with van der Waals surface area (Å²) in [6, 6.07) is 20.7. The molecule has 9 nitrogen and oxygen atoms in total. The summed E-state index contributed by atoms with van der Waals surface area (Å²) in [5.74, 6) is 2.48. The Kier molecular flexibility index (Phi) is 7.08. The Morgan fingerprint density at radius 1 is 0.952 bits per heavy atom. The van der Waals surface area contributed by atoms with E-state index in [9.17, 15) is 4.79 Å². The number of anilines is 4. The van der Waals surface area contributed by atoms with Gasteiger partial charge in [-0.05, 0) is 80.9 Å². The van der Waals surface area contributed by atoms with E-state index in [-0.39, 0.29) is 5.91 Å². The lowest BCUT2D eigenvalue weighted by Crippen LogP contribution is -2.23. The summed E-state index contributed by atoms with van der Waals surface area (Å²) < 4.78 is 19.1. The van der Waals surface area contributed by atoms with Crippen molar-refractivity contribution in [3.05, 3.63) is 84.2 Å². The highest BCUT2D eigenvalue weighted by molar-refractivity contribution is 6.11. The minimum absolute atomic E-state index is 0.262. The number of nitrogens with zero attached hydrogens (tertiary/aromatic N) is 3. The van der Waals surface area contributed by atoms with Gasteiger partial charge >= 0.3 is 0 Å². The standard InChI is InChI=1S/C33H33N5O4/c1-6-37(7-2)27-18-28-25(16-20(27)3)35-31-29(42-28)17-26(36-33(39)21-8-12-23(40-4)13-9-21)30-32(31)38(19-34-30)22-10-14-24(41-5)15-11-22/h8-19,35H,6-7H2,1-5H3,(H,36,39). The number of nitrogens with one attached hydrogen (secondary N) is 2. The molecule has 9 heteroatoms. The topological polar surface area (TPSA) is 89.9 Å². The van der Waals surface area contributed by atoms with E-state index in [0.717, 1.165) is 58.4 Å². The largest absolute Gasteiger partial charge is 0.497 e. The minimum Gasteiger partial charge on any atom is -0.497 e. The summed E-state index contributed by atoms with van der Waals surface area (Å²) in [4.78, 5) is 20.4. The summed E-state index contributed by atoms with van der Waals surface area (Å²) >= 11 is 0. The van der Waals surface area contributed by atoms with Gasteiger partial charge in [0.25, 0.3) is 5.91 Å². The molecule has 214 valence electrons. The number of ether oxygens (including phenoxy) is 3. The molecule has 1 aliphatic heterocycles. The Bertz CT molecular complexity index is 1770. The molecule has 0 spiro atoms. The lowest BCUT2D eigenvalue weighted by molar-refractivity contribution is 0.102. The number of imidazole rings is 1. The van der Waals surface area contributed by atoms with E-state index in [1.807, 2.05) is 34.9 Å². The van der Waals surface area contributed by atoms with Crippen molar-refractivity contribution in [2.45, 2.75) is 20.8 Å². The average molecular weight is 564 g/mol. The van der Waals surface area contributed by atoms with Gasteiger partial charge in [-0.25, -0.2) is 4.98 Å². The van der Waals surface area contributed by atoms with Crippen molar-refractivity contribution in [1.82, 2.24) is 9.55 Å². The van der Waals surface area contributed by atoms with E-state index >= 15 is 0 Å². The van der Waals surface area contributed by atoms with Crippen molar-refractivity contribution < 1.29 is 19.0 Å². The summed E-state index contributed by atoms with van der Waals surface area (Å²) in [6.07, 6.45) is 1.75. The maximum absolute atomic E-state index is 13.3. The van der Waals surface area contributed by atoms with Gasteiger partial charge in [-0.3, -0.25) is 9.36 Å². The number of hydrogen-bond acceptors (Lipinski definition) is 7. The zero-order valence-corrected chi connectivity index (χ0v) is 24.3. The number of carbonyl (C=O) groups excluding carboxylic acids is 1. The first-order chi connectivity index (χ1) is 20.4. The number of benzene rings is 4. The molecule has 0 aliphatic carbocycles. The van der Waals surface area contributed by atoms with Crippen LogP contribution in [-0.4, -0.2) is 42.8 Å². The molecule has 1 amide bonds. The molecule has 0 saturated heterocycles. The number of amides is 1. The van der Waals surface area contributed by atoms with Crippen LogP contribution in [0.25, 0.3) is 16.7 Å². The number of aryl methyl sites for hydroxylation is 1. The van der Waals surface area contributed by atoms with Crippen LogP contribution in [0.1, 0.15) is 29.8 Å². The van der Waals surface area contributed by atoms with Crippen molar-refractivity contribution >= 4 is 39.7 Å². The second-order valence-corrected chi connectivity index (χ2v) is 10.0. The highest BCUT2D eigenvalue weighted by Crippen LogP contribution is 2.49. The molecule has 1 aliphatic rings. The number of hydrogen-bond donors (Lipinski definition) is 2. The molecule has 2 heterocycles. The fourth-order valence-electron chi connectivity index (χ4n) is 5.36. The van der Waals surface area contributed by atoms with Crippen molar-refractivity contribution in [2.75, 3.05) is 42.8 Å². The fraction of sp³-hybridized carbons (Fsp3) is 0.212. The Hall–Kier alpha value is -5.18. The third kappa shape index (κ3) is 4.72. The van der Waals surface area contributed by atoms with Gasteiger partial charge in [-0.2, -0.15) is 0 Å². The van der Waals surface area contributed by atoms with E-state index in [4.69, 9.17) is 19.2 Å². The third-order valence-corrected chi connectivity index (χ3v) is 7.61. The molecule has 6 rings (SSSR count). The molecule has 0 radical (unpaired) electrons. The smallest absolute Gasteiger partial charge is 0.255 e. The molecule has 4 aromatic carbocycles. The first kappa shape index (κ1) is 27.0. The fourth-order valence-corrected chi connectivity index (χ4v) is 5.36. The molecular formula is C33H33N5O4. The van der Waals surface area contributed by atoms with E-state index in [1.165, 1.54) is 0 Å². The highest BCUT2D eigenvalue weighted by atomic mass is 16.5. The Morgan fingerprint density at radius 2 is 1.62 bits per heavy atom.